The van der Waals surface area contributed by atoms with Gasteiger partial charge in [0.15, 0.2) is 0 Å². The summed E-state index contributed by atoms with van der Waals surface area (Å²) < 4.78 is 84.2. The number of sulfonamides is 1. The molecular formula is C37H37F4N3O4S. The van der Waals surface area contributed by atoms with E-state index in [2.05, 4.69) is 5.32 Å². The second-order valence-corrected chi connectivity index (χ2v) is 14.1. The van der Waals surface area contributed by atoms with Gasteiger partial charge >= 0.3 is 6.18 Å². The molecule has 4 aromatic rings. The molecule has 1 N–H and O–H groups in total. The lowest BCUT2D eigenvalue weighted by atomic mass is 10.0. The second kappa shape index (κ2) is 15.2. The van der Waals surface area contributed by atoms with Crippen molar-refractivity contribution in [2.45, 2.75) is 68.7 Å². The normalized spacial score (nSPS) is 14.3. The van der Waals surface area contributed by atoms with Crippen LogP contribution in [0.15, 0.2) is 108 Å². The summed E-state index contributed by atoms with van der Waals surface area (Å²) in [4.78, 5) is 29.6. The lowest BCUT2D eigenvalue weighted by molar-refractivity contribution is -0.140. The zero-order chi connectivity index (χ0) is 35.2. The summed E-state index contributed by atoms with van der Waals surface area (Å²) in [6, 6.07) is 22.6. The van der Waals surface area contributed by atoms with Crippen molar-refractivity contribution >= 4 is 27.5 Å². The van der Waals surface area contributed by atoms with Crippen LogP contribution in [0.5, 0.6) is 0 Å². The van der Waals surface area contributed by atoms with Crippen molar-refractivity contribution in [1.29, 1.82) is 0 Å². The standard InChI is InChI=1S/C37H37F4N3O4S/c1-26-14-20-33(21-15-26)49(47,48)44(32-13-7-10-29(23-32)37(39,40)41)25-35(45)43(24-28-16-18-30(38)19-17-28)34(22-27-8-3-2-4-9-27)36(46)42-31-11-5-6-12-31/h2-4,7-10,13-21,23,31,34H,5-6,11-12,22,24-25H2,1H3,(H,42,46)/t34-/m1/s1. The molecule has 0 spiro atoms. The van der Waals surface area contributed by atoms with Gasteiger partial charge in [-0.25, -0.2) is 12.8 Å². The minimum Gasteiger partial charge on any atom is -0.352 e. The topological polar surface area (TPSA) is 86.8 Å². The third-order valence-corrected chi connectivity index (χ3v) is 10.4. The molecule has 0 bridgehead atoms. The second-order valence-electron chi connectivity index (χ2n) is 12.2. The first-order valence-electron chi connectivity index (χ1n) is 16.0. The molecule has 1 fully saturated rings. The molecule has 4 aromatic carbocycles. The number of carbonyl (C=O) groups excluding carboxylic acids is 2. The Hall–Kier alpha value is -4.71. The van der Waals surface area contributed by atoms with E-state index in [0.29, 0.717) is 15.9 Å². The Balaban J connectivity index is 1.59. The van der Waals surface area contributed by atoms with E-state index < -0.39 is 52.0 Å². The zero-order valence-electron chi connectivity index (χ0n) is 26.9. The van der Waals surface area contributed by atoms with Gasteiger partial charge in [-0.15, -0.1) is 0 Å². The van der Waals surface area contributed by atoms with E-state index in [0.717, 1.165) is 48.9 Å². The van der Waals surface area contributed by atoms with Crippen molar-refractivity contribution in [2.24, 2.45) is 0 Å². The maximum atomic E-state index is 14.5. The van der Waals surface area contributed by atoms with Crippen molar-refractivity contribution in [2.75, 3.05) is 10.8 Å². The molecule has 12 heteroatoms. The molecule has 0 aliphatic heterocycles. The van der Waals surface area contributed by atoms with Crippen molar-refractivity contribution in [1.82, 2.24) is 10.2 Å². The average Bonchev–Trinajstić information content (AvgIpc) is 3.59. The third-order valence-electron chi connectivity index (χ3n) is 8.59. The van der Waals surface area contributed by atoms with E-state index in [9.17, 15) is 35.6 Å². The van der Waals surface area contributed by atoms with E-state index in [1.54, 1.807) is 49.4 Å². The van der Waals surface area contributed by atoms with Gasteiger partial charge in [0.25, 0.3) is 10.0 Å². The van der Waals surface area contributed by atoms with Crippen LogP contribution in [0.25, 0.3) is 0 Å². The summed E-state index contributed by atoms with van der Waals surface area (Å²) in [5.41, 5.74) is 0.479. The first-order chi connectivity index (χ1) is 23.3. The van der Waals surface area contributed by atoms with Gasteiger partial charge in [-0.05, 0) is 73.4 Å². The van der Waals surface area contributed by atoms with Crippen LogP contribution in [0, 0.1) is 12.7 Å². The van der Waals surface area contributed by atoms with E-state index >= 15 is 0 Å². The first kappa shape index (κ1) is 35.6. The predicted molar refractivity (Wildman–Crippen MR) is 178 cm³/mol. The minimum absolute atomic E-state index is 0.0700. The van der Waals surface area contributed by atoms with Gasteiger partial charge in [-0.3, -0.25) is 13.9 Å². The molecule has 1 atom stereocenters. The number of anilines is 1. The lowest BCUT2D eigenvalue weighted by Crippen LogP contribution is -2.54. The highest BCUT2D eigenvalue weighted by atomic mass is 32.2. The number of nitrogens with one attached hydrogen (secondary N) is 1. The smallest absolute Gasteiger partial charge is 0.352 e. The maximum Gasteiger partial charge on any atom is 0.416 e. The lowest BCUT2D eigenvalue weighted by Gasteiger charge is -2.34. The molecule has 1 aliphatic rings. The molecule has 2 amide bonds. The third kappa shape index (κ3) is 9.05. The number of benzene rings is 4. The molecular weight excluding hydrogens is 658 g/mol. The molecule has 0 aromatic heterocycles. The van der Waals surface area contributed by atoms with Crippen LogP contribution in [0.2, 0.25) is 0 Å². The summed E-state index contributed by atoms with van der Waals surface area (Å²) in [5.74, 6) is -1.79. The highest BCUT2D eigenvalue weighted by Crippen LogP contribution is 2.33. The largest absolute Gasteiger partial charge is 0.416 e. The molecule has 1 aliphatic carbocycles. The van der Waals surface area contributed by atoms with Gasteiger partial charge in [0.1, 0.15) is 18.4 Å². The van der Waals surface area contributed by atoms with Crippen LogP contribution in [0.4, 0.5) is 23.2 Å². The van der Waals surface area contributed by atoms with Crippen molar-refractivity contribution in [3.05, 3.63) is 131 Å². The Labute approximate surface area is 283 Å². The molecule has 258 valence electrons. The average molecular weight is 696 g/mol. The maximum absolute atomic E-state index is 14.5. The van der Waals surface area contributed by atoms with E-state index in [1.165, 1.54) is 47.4 Å². The molecule has 0 unspecified atom stereocenters. The SMILES string of the molecule is Cc1ccc(S(=O)(=O)N(CC(=O)N(Cc2ccc(F)cc2)[C@H](Cc2ccccc2)C(=O)NC2CCCC2)c2cccc(C(F)(F)F)c2)cc1. The fourth-order valence-electron chi connectivity index (χ4n) is 5.91. The molecule has 0 radical (unpaired) electrons. The fourth-order valence-corrected chi connectivity index (χ4v) is 7.32. The Morgan fingerprint density at radius 3 is 2.14 bits per heavy atom. The van der Waals surface area contributed by atoms with E-state index in [-0.39, 0.29) is 29.6 Å². The summed E-state index contributed by atoms with van der Waals surface area (Å²) >= 11 is 0. The van der Waals surface area contributed by atoms with Gasteiger partial charge in [-0.2, -0.15) is 13.2 Å². The summed E-state index contributed by atoms with van der Waals surface area (Å²) in [6.45, 7) is 0.637. The number of halogens is 4. The van der Waals surface area contributed by atoms with Gasteiger partial charge in [0.05, 0.1) is 16.1 Å². The molecule has 0 heterocycles. The number of hydrogen-bond donors (Lipinski definition) is 1. The molecule has 1 saturated carbocycles. The Morgan fingerprint density at radius 1 is 0.857 bits per heavy atom. The fraction of sp³-hybridized carbons (Fsp3) is 0.297. The van der Waals surface area contributed by atoms with Crippen LogP contribution in [0.3, 0.4) is 0 Å². The predicted octanol–water partition coefficient (Wildman–Crippen LogP) is 7.05. The van der Waals surface area contributed by atoms with Crippen LogP contribution in [0.1, 0.15) is 47.9 Å². The van der Waals surface area contributed by atoms with E-state index in [4.69, 9.17) is 0 Å². The van der Waals surface area contributed by atoms with Gasteiger partial charge in [0.2, 0.25) is 11.8 Å². The van der Waals surface area contributed by atoms with Crippen LogP contribution < -0.4 is 9.62 Å². The number of nitrogens with zero attached hydrogens (tertiary/aromatic N) is 2. The molecule has 5 rings (SSSR count). The highest BCUT2D eigenvalue weighted by Gasteiger charge is 2.37. The Morgan fingerprint density at radius 2 is 1.51 bits per heavy atom. The van der Waals surface area contributed by atoms with Crippen LogP contribution in [-0.2, 0) is 38.8 Å². The van der Waals surface area contributed by atoms with Crippen LogP contribution in [-0.4, -0.2) is 43.8 Å². The zero-order valence-corrected chi connectivity index (χ0v) is 27.7. The molecule has 49 heavy (non-hydrogen) atoms. The number of rotatable bonds is 12. The van der Waals surface area contributed by atoms with Crippen molar-refractivity contribution < 1.29 is 35.6 Å². The number of aryl methyl sites for hydroxylation is 1. The first-order valence-corrected chi connectivity index (χ1v) is 17.4. The highest BCUT2D eigenvalue weighted by molar-refractivity contribution is 7.92. The van der Waals surface area contributed by atoms with Gasteiger partial charge in [0, 0.05) is 19.0 Å². The number of hydrogen-bond acceptors (Lipinski definition) is 4. The van der Waals surface area contributed by atoms with Crippen molar-refractivity contribution in [3.63, 3.8) is 0 Å². The van der Waals surface area contributed by atoms with Crippen LogP contribution >= 0.6 is 0 Å². The quantitative estimate of drug-likeness (QED) is 0.161. The van der Waals surface area contributed by atoms with Gasteiger partial charge in [-0.1, -0.05) is 79.1 Å². The van der Waals surface area contributed by atoms with Gasteiger partial charge < -0.3 is 10.2 Å². The molecule has 0 saturated heterocycles. The Bertz CT molecular complexity index is 1850. The molecule has 7 nitrogen and oxygen atoms in total. The Kier molecular flexibility index (Phi) is 11.1. The minimum atomic E-state index is -4.78. The van der Waals surface area contributed by atoms with E-state index in [1.807, 2.05) is 0 Å². The number of carbonyl (C=O) groups is 2. The summed E-state index contributed by atoms with van der Waals surface area (Å²) in [7, 11) is -4.60. The summed E-state index contributed by atoms with van der Waals surface area (Å²) in [5, 5.41) is 3.05. The number of alkyl halides is 3. The number of amides is 2. The van der Waals surface area contributed by atoms with Crippen molar-refractivity contribution in [3.8, 4) is 0 Å². The monoisotopic (exact) mass is 695 g/mol. The summed E-state index contributed by atoms with van der Waals surface area (Å²) in [6.07, 6.45) is -1.29.